The van der Waals surface area contributed by atoms with Gasteiger partial charge in [0.25, 0.3) is 5.91 Å². The summed E-state index contributed by atoms with van der Waals surface area (Å²) in [6, 6.07) is 11.5. The number of hydrogen-bond donors (Lipinski definition) is 1. The number of benzene rings is 1. The molecule has 4 rings (SSSR count). The molecule has 0 spiro atoms. The number of fused-ring (bicyclic) bond motifs is 1. The second kappa shape index (κ2) is 7.23. The van der Waals surface area contributed by atoms with Gasteiger partial charge in [-0.25, -0.2) is 4.98 Å². The first kappa shape index (κ1) is 16.7. The Labute approximate surface area is 154 Å². The average molecular weight is 367 g/mol. The molecule has 6 nitrogen and oxygen atoms in total. The Balaban J connectivity index is 1.68. The normalized spacial score (nSPS) is 13.4. The minimum Gasteiger partial charge on any atom is -0.482 e. The van der Waals surface area contributed by atoms with E-state index in [1.165, 1.54) is 11.3 Å². The SMILES string of the molecule is O=C1COc2ccc(-c3csc(-c4ccccn4)n3)cc2N1CCCO. The van der Waals surface area contributed by atoms with Crippen molar-refractivity contribution in [2.45, 2.75) is 6.42 Å². The van der Waals surface area contributed by atoms with Crippen LogP contribution in [0.3, 0.4) is 0 Å². The van der Waals surface area contributed by atoms with Crippen molar-refractivity contribution in [3.63, 3.8) is 0 Å². The summed E-state index contributed by atoms with van der Waals surface area (Å²) >= 11 is 1.53. The highest BCUT2D eigenvalue weighted by atomic mass is 32.1. The molecule has 1 N–H and O–H groups in total. The van der Waals surface area contributed by atoms with E-state index in [1.54, 1.807) is 11.1 Å². The Kier molecular flexibility index (Phi) is 4.64. The first-order valence-corrected chi connectivity index (χ1v) is 9.19. The minimum absolute atomic E-state index is 0.0261. The molecule has 1 aliphatic heterocycles. The molecule has 1 aromatic carbocycles. The fourth-order valence-electron chi connectivity index (χ4n) is 2.85. The zero-order valence-corrected chi connectivity index (χ0v) is 14.8. The van der Waals surface area contributed by atoms with Gasteiger partial charge in [-0.3, -0.25) is 9.78 Å². The Morgan fingerprint density at radius 1 is 1.23 bits per heavy atom. The molecule has 0 aliphatic carbocycles. The van der Waals surface area contributed by atoms with Gasteiger partial charge >= 0.3 is 0 Å². The number of carbonyl (C=O) groups is 1. The maximum absolute atomic E-state index is 12.2. The molecule has 3 aromatic rings. The average Bonchev–Trinajstić information content (AvgIpc) is 3.18. The molecule has 0 saturated heterocycles. The van der Waals surface area contributed by atoms with Gasteiger partial charge in [0.15, 0.2) is 6.61 Å². The summed E-state index contributed by atoms with van der Waals surface area (Å²) in [5.74, 6) is 0.571. The van der Waals surface area contributed by atoms with Crippen LogP contribution in [0.4, 0.5) is 5.69 Å². The van der Waals surface area contributed by atoms with Crippen molar-refractivity contribution in [3.05, 3.63) is 48.0 Å². The standard InChI is InChI=1S/C19H17N3O3S/c23-9-3-8-22-16-10-13(5-6-17(16)25-11-18(22)24)15-12-26-19(21-15)14-4-1-2-7-20-14/h1-2,4-7,10,12,23H,3,8-9,11H2. The van der Waals surface area contributed by atoms with Crippen LogP contribution in [0.1, 0.15) is 6.42 Å². The molecule has 7 heteroatoms. The van der Waals surface area contributed by atoms with Crippen LogP contribution in [0, 0.1) is 0 Å². The highest BCUT2D eigenvalue weighted by Gasteiger charge is 2.25. The number of rotatable bonds is 5. The fourth-order valence-corrected chi connectivity index (χ4v) is 3.65. The summed E-state index contributed by atoms with van der Waals surface area (Å²) in [5.41, 5.74) is 3.30. The van der Waals surface area contributed by atoms with Gasteiger partial charge in [-0.15, -0.1) is 11.3 Å². The third-order valence-corrected chi connectivity index (χ3v) is 4.99. The molecular weight excluding hydrogens is 350 g/mol. The Morgan fingerprint density at radius 2 is 2.15 bits per heavy atom. The molecule has 0 saturated carbocycles. The molecule has 0 unspecified atom stereocenters. The predicted molar refractivity (Wildman–Crippen MR) is 100 cm³/mol. The maximum Gasteiger partial charge on any atom is 0.265 e. The topological polar surface area (TPSA) is 75.5 Å². The number of aliphatic hydroxyl groups excluding tert-OH is 1. The van der Waals surface area contributed by atoms with E-state index < -0.39 is 0 Å². The highest BCUT2D eigenvalue weighted by molar-refractivity contribution is 7.13. The molecule has 0 radical (unpaired) electrons. The molecule has 1 aliphatic rings. The smallest absolute Gasteiger partial charge is 0.265 e. The van der Waals surface area contributed by atoms with E-state index in [2.05, 4.69) is 9.97 Å². The van der Waals surface area contributed by atoms with Gasteiger partial charge in [0, 0.05) is 30.3 Å². The lowest BCUT2D eigenvalue weighted by molar-refractivity contribution is -0.121. The quantitative estimate of drug-likeness (QED) is 0.750. The van der Waals surface area contributed by atoms with Crippen molar-refractivity contribution < 1.29 is 14.6 Å². The van der Waals surface area contributed by atoms with E-state index in [-0.39, 0.29) is 19.1 Å². The van der Waals surface area contributed by atoms with Crippen molar-refractivity contribution in [2.24, 2.45) is 0 Å². The monoisotopic (exact) mass is 367 g/mol. The van der Waals surface area contributed by atoms with Crippen LogP contribution >= 0.6 is 11.3 Å². The van der Waals surface area contributed by atoms with Crippen LogP contribution in [-0.2, 0) is 4.79 Å². The maximum atomic E-state index is 12.2. The molecule has 132 valence electrons. The van der Waals surface area contributed by atoms with E-state index in [9.17, 15) is 4.79 Å². The van der Waals surface area contributed by atoms with Crippen molar-refractivity contribution in [3.8, 4) is 27.7 Å². The van der Waals surface area contributed by atoms with E-state index >= 15 is 0 Å². The molecule has 1 amide bonds. The number of nitrogens with zero attached hydrogens (tertiary/aromatic N) is 3. The fraction of sp³-hybridized carbons (Fsp3) is 0.211. The van der Waals surface area contributed by atoms with E-state index in [0.717, 1.165) is 27.6 Å². The van der Waals surface area contributed by atoms with Crippen LogP contribution in [0.15, 0.2) is 48.0 Å². The van der Waals surface area contributed by atoms with Gasteiger partial charge in [-0.1, -0.05) is 6.07 Å². The molecule has 26 heavy (non-hydrogen) atoms. The molecule has 0 fully saturated rings. The summed E-state index contributed by atoms with van der Waals surface area (Å²) in [7, 11) is 0. The van der Waals surface area contributed by atoms with Crippen LogP contribution in [0.5, 0.6) is 5.75 Å². The lowest BCUT2D eigenvalue weighted by Crippen LogP contribution is -2.39. The number of hydrogen-bond acceptors (Lipinski definition) is 6. The minimum atomic E-state index is -0.101. The van der Waals surface area contributed by atoms with Crippen LogP contribution < -0.4 is 9.64 Å². The summed E-state index contributed by atoms with van der Waals surface area (Å²) in [6.45, 7) is 0.531. The lowest BCUT2D eigenvalue weighted by Gasteiger charge is -2.29. The summed E-state index contributed by atoms with van der Waals surface area (Å²) in [6.07, 6.45) is 2.27. The summed E-state index contributed by atoms with van der Waals surface area (Å²) < 4.78 is 5.53. The molecule has 3 heterocycles. The highest BCUT2D eigenvalue weighted by Crippen LogP contribution is 2.37. The predicted octanol–water partition coefficient (Wildman–Crippen LogP) is 2.98. The molecule has 0 atom stereocenters. The summed E-state index contributed by atoms with van der Waals surface area (Å²) in [5, 5.41) is 11.9. The summed E-state index contributed by atoms with van der Waals surface area (Å²) in [4.78, 5) is 22.9. The Morgan fingerprint density at radius 3 is 2.96 bits per heavy atom. The van der Waals surface area contributed by atoms with Gasteiger partial charge in [0.2, 0.25) is 0 Å². The van der Waals surface area contributed by atoms with Crippen LogP contribution in [0.2, 0.25) is 0 Å². The Hall–Kier alpha value is -2.77. The van der Waals surface area contributed by atoms with Gasteiger partial charge in [-0.2, -0.15) is 0 Å². The number of aliphatic hydroxyl groups is 1. The molecule has 0 bridgehead atoms. The number of aromatic nitrogens is 2. The van der Waals surface area contributed by atoms with Crippen LogP contribution in [-0.4, -0.2) is 40.7 Å². The van der Waals surface area contributed by atoms with Gasteiger partial charge in [0.1, 0.15) is 10.8 Å². The number of amides is 1. The number of thiazole rings is 1. The lowest BCUT2D eigenvalue weighted by atomic mass is 10.1. The Bertz CT molecular complexity index is 927. The zero-order chi connectivity index (χ0) is 17.9. The zero-order valence-electron chi connectivity index (χ0n) is 14.0. The van der Waals surface area contributed by atoms with Gasteiger partial charge in [0.05, 0.1) is 17.1 Å². The first-order valence-electron chi connectivity index (χ1n) is 8.31. The van der Waals surface area contributed by atoms with Gasteiger partial charge in [-0.05, 0) is 36.8 Å². The number of pyridine rings is 1. The number of ether oxygens (including phenoxy) is 1. The largest absolute Gasteiger partial charge is 0.482 e. The second-order valence-corrected chi connectivity index (χ2v) is 6.70. The van der Waals surface area contributed by atoms with Crippen molar-refractivity contribution in [2.75, 3.05) is 24.7 Å². The van der Waals surface area contributed by atoms with E-state index in [0.29, 0.717) is 18.7 Å². The number of carbonyl (C=O) groups excluding carboxylic acids is 1. The van der Waals surface area contributed by atoms with E-state index in [4.69, 9.17) is 9.84 Å². The second-order valence-electron chi connectivity index (χ2n) is 5.85. The first-order chi connectivity index (χ1) is 12.8. The molecule has 2 aromatic heterocycles. The third-order valence-electron chi connectivity index (χ3n) is 4.13. The van der Waals surface area contributed by atoms with Crippen molar-refractivity contribution in [1.29, 1.82) is 0 Å². The van der Waals surface area contributed by atoms with Crippen molar-refractivity contribution in [1.82, 2.24) is 9.97 Å². The van der Waals surface area contributed by atoms with Gasteiger partial charge < -0.3 is 14.7 Å². The van der Waals surface area contributed by atoms with Crippen LogP contribution in [0.25, 0.3) is 22.0 Å². The number of anilines is 1. The third kappa shape index (κ3) is 3.18. The van der Waals surface area contributed by atoms with Crippen molar-refractivity contribution >= 4 is 22.9 Å². The molecular formula is C19H17N3O3S. The van der Waals surface area contributed by atoms with E-state index in [1.807, 2.05) is 41.8 Å².